The zero-order valence-electron chi connectivity index (χ0n) is 15.1. The fourth-order valence-electron chi connectivity index (χ4n) is 2.79. The maximum atomic E-state index is 10.9. The quantitative estimate of drug-likeness (QED) is 0.532. The number of rotatable bonds is 8. The largest absolute Gasteiger partial charge is 0.494 e. The summed E-state index contributed by atoms with van der Waals surface area (Å²) in [6, 6.07) is 8.06. The fraction of sp³-hybridized carbons (Fsp3) is 0.273. The van der Waals surface area contributed by atoms with Crippen molar-refractivity contribution in [1.82, 2.24) is 9.97 Å². The highest BCUT2D eigenvalue weighted by molar-refractivity contribution is 5.82. The summed E-state index contributed by atoms with van der Waals surface area (Å²) in [5.74, 6) is 1.70. The third kappa shape index (κ3) is 4.60. The molecular formula is C22H24N2O2. The predicted molar refractivity (Wildman–Crippen MR) is 105 cm³/mol. The Labute approximate surface area is 154 Å². The van der Waals surface area contributed by atoms with Crippen molar-refractivity contribution in [2.45, 2.75) is 32.6 Å². The minimum atomic E-state index is 0.692. The number of aromatic nitrogens is 2. The van der Waals surface area contributed by atoms with Crippen molar-refractivity contribution in [2.24, 2.45) is 0 Å². The summed E-state index contributed by atoms with van der Waals surface area (Å²) in [7, 11) is 0. The van der Waals surface area contributed by atoms with Crippen LogP contribution in [-0.4, -0.2) is 22.9 Å². The van der Waals surface area contributed by atoms with Crippen molar-refractivity contribution in [3.63, 3.8) is 0 Å². The molecule has 0 unspecified atom stereocenters. The average Bonchev–Trinajstić information content (AvgIpc) is 3.04. The molecule has 0 atom stereocenters. The van der Waals surface area contributed by atoms with Crippen LogP contribution in [0.1, 0.15) is 38.4 Å². The molecule has 1 aliphatic carbocycles. The number of nitrogens with zero attached hydrogens (tertiary/aromatic N) is 1. The van der Waals surface area contributed by atoms with Crippen molar-refractivity contribution in [3.05, 3.63) is 66.2 Å². The second-order valence-electron chi connectivity index (χ2n) is 6.28. The lowest BCUT2D eigenvalue weighted by molar-refractivity contribution is -0.104. The number of carbonyl (C=O) groups excluding carboxylic acids is 1. The van der Waals surface area contributed by atoms with Crippen molar-refractivity contribution in [3.8, 4) is 17.0 Å². The number of aromatic amines is 1. The Hall–Kier alpha value is -2.88. The highest BCUT2D eigenvalue weighted by Gasteiger charge is 2.08. The molecule has 1 aromatic heterocycles. The molecule has 2 aromatic rings. The second-order valence-corrected chi connectivity index (χ2v) is 6.28. The van der Waals surface area contributed by atoms with Crippen LogP contribution in [0.2, 0.25) is 0 Å². The third-order valence-electron chi connectivity index (χ3n) is 4.31. The normalized spacial score (nSPS) is 13.7. The first kappa shape index (κ1) is 17.9. The van der Waals surface area contributed by atoms with Crippen LogP contribution >= 0.6 is 0 Å². The summed E-state index contributed by atoms with van der Waals surface area (Å²) in [6.07, 6.45) is 14.6. The Morgan fingerprint density at radius 2 is 2.00 bits per heavy atom. The monoisotopic (exact) mass is 348 g/mol. The molecule has 0 spiro atoms. The number of imidazole rings is 1. The number of unbranched alkanes of at least 4 members (excludes halogenated alkanes) is 2. The van der Waals surface area contributed by atoms with E-state index in [0.717, 1.165) is 54.1 Å². The number of hydrogen-bond donors (Lipinski definition) is 1. The highest BCUT2D eigenvalue weighted by atomic mass is 16.5. The molecule has 0 radical (unpaired) electrons. The summed E-state index contributed by atoms with van der Waals surface area (Å²) in [4.78, 5) is 18.7. The van der Waals surface area contributed by atoms with Crippen molar-refractivity contribution in [2.75, 3.05) is 6.61 Å². The Bertz CT molecular complexity index is 826. The van der Waals surface area contributed by atoms with Gasteiger partial charge in [0, 0.05) is 11.1 Å². The number of ether oxygens (including phenoxy) is 1. The van der Waals surface area contributed by atoms with Gasteiger partial charge in [0.25, 0.3) is 0 Å². The van der Waals surface area contributed by atoms with E-state index < -0.39 is 0 Å². The molecule has 0 saturated carbocycles. The molecule has 1 N–H and O–H groups in total. The molecule has 1 heterocycles. The van der Waals surface area contributed by atoms with Gasteiger partial charge in [0.2, 0.25) is 0 Å². The van der Waals surface area contributed by atoms with E-state index >= 15 is 0 Å². The molecule has 4 heteroatoms. The van der Waals surface area contributed by atoms with Gasteiger partial charge in [-0.15, -0.1) is 0 Å². The van der Waals surface area contributed by atoms with Gasteiger partial charge >= 0.3 is 0 Å². The summed E-state index contributed by atoms with van der Waals surface area (Å²) in [5.41, 5.74) is 3.70. The molecule has 1 aliphatic rings. The van der Waals surface area contributed by atoms with E-state index in [-0.39, 0.29) is 0 Å². The highest BCUT2D eigenvalue weighted by Crippen LogP contribution is 2.24. The first-order valence-corrected chi connectivity index (χ1v) is 9.12. The molecule has 0 bridgehead atoms. The standard InChI is InChI=1S/C22H24N2O2/c1-2-3-4-14-26-20-12-10-18(11-13-20)21-15-23-22(24-21)19-7-5-6-17(16-25)8-9-19/h6-13,15-16H,2-5,14H2,1H3,(H,23,24). The summed E-state index contributed by atoms with van der Waals surface area (Å²) in [6.45, 7) is 2.95. The number of hydrogen-bond acceptors (Lipinski definition) is 3. The van der Waals surface area contributed by atoms with Gasteiger partial charge in [0.15, 0.2) is 0 Å². The summed E-state index contributed by atoms with van der Waals surface area (Å²) in [5, 5.41) is 0. The van der Waals surface area contributed by atoms with E-state index in [4.69, 9.17) is 4.74 Å². The Kier molecular flexibility index (Phi) is 6.20. The summed E-state index contributed by atoms with van der Waals surface area (Å²) < 4.78 is 5.76. The van der Waals surface area contributed by atoms with E-state index in [9.17, 15) is 4.79 Å². The number of H-pyrrole nitrogens is 1. The van der Waals surface area contributed by atoms with Crippen molar-refractivity contribution < 1.29 is 9.53 Å². The molecule has 0 fully saturated rings. The van der Waals surface area contributed by atoms with E-state index in [2.05, 4.69) is 23.0 Å². The molecule has 134 valence electrons. The van der Waals surface area contributed by atoms with Gasteiger partial charge in [0.05, 0.1) is 18.5 Å². The SMILES string of the molecule is CCCCCOc1ccc(-c2cnc(C3=CCC=C(C=O)C=C3)[nH]2)cc1. The maximum absolute atomic E-state index is 10.9. The molecule has 0 saturated heterocycles. The van der Waals surface area contributed by atoms with Gasteiger partial charge in [-0.25, -0.2) is 4.98 Å². The van der Waals surface area contributed by atoms with Crippen LogP contribution < -0.4 is 4.74 Å². The first-order chi connectivity index (χ1) is 12.8. The van der Waals surface area contributed by atoms with Gasteiger partial charge in [-0.05, 0) is 42.7 Å². The van der Waals surface area contributed by atoms with E-state index in [1.54, 1.807) is 0 Å². The smallest absolute Gasteiger partial charge is 0.149 e. The molecular weight excluding hydrogens is 324 g/mol. The van der Waals surface area contributed by atoms with Crippen molar-refractivity contribution >= 4 is 11.9 Å². The van der Waals surface area contributed by atoms with Crippen LogP contribution in [-0.2, 0) is 4.79 Å². The lowest BCUT2D eigenvalue weighted by atomic mass is 10.1. The number of nitrogens with one attached hydrogen (secondary N) is 1. The van der Waals surface area contributed by atoms with E-state index in [0.29, 0.717) is 5.57 Å². The van der Waals surface area contributed by atoms with Crippen LogP contribution in [0, 0.1) is 0 Å². The van der Waals surface area contributed by atoms with Crippen molar-refractivity contribution in [1.29, 1.82) is 0 Å². The molecule has 4 nitrogen and oxygen atoms in total. The molecule has 0 aliphatic heterocycles. The Balaban J connectivity index is 1.66. The van der Waals surface area contributed by atoms with Crippen LogP contribution in [0.3, 0.4) is 0 Å². The van der Waals surface area contributed by atoms with E-state index in [1.165, 1.54) is 12.8 Å². The van der Waals surface area contributed by atoms with E-state index in [1.807, 2.05) is 48.7 Å². The van der Waals surface area contributed by atoms with Gasteiger partial charge in [-0.3, -0.25) is 4.79 Å². The summed E-state index contributed by atoms with van der Waals surface area (Å²) >= 11 is 0. The number of aldehydes is 1. The predicted octanol–water partition coefficient (Wildman–Crippen LogP) is 5.11. The van der Waals surface area contributed by atoms with Crippen LogP contribution in [0.4, 0.5) is 0 Å². The lowest BCUT2D eigenvalue weighted by Crippen LogP contribution is -1.96. The minimum Gasteiger partial charge on any atom is -0.494 e. The zero-order valence-corrected chi connectivity index (χ0v) is 15.1. The van der Waals surface area contributed by atoms with Gasteiger partial charge < -0.3 is 9.72 Å². The number of benzene rings is 1. The Morgan fingerprint density at radius 1 is 1.15 bits per heavy atom. The average molecular weight is 348 g/mol. The van der Waals surface area contributed by atoms with Crippen LogP contribution in [0.5, 0.6) is 5.75 Å². The van der Waals surface area contributed by atoms with Crippen LogP contribution in [0.15, 0.2) is 60.3 Å². The second kappa shape index (κ2) is 8.99. The Morgan fingerprint density at radius 3 is 2.77 bits per heavy atom. The van der Waals surface area contributed by atoms with Crippen LogP contribution in [0.25, 0.3) is 16.8 Å². The fourth-order valence-corrected chi connectivity index (χ4v) is 2.79. The molecule has 0 amide bonds. The number of carbonyl (C=O) groups is 1. The minimum absolute atomic E-state index is 0.692. The maximum Gasteiger partial charge on any atom is 0.149 e. The molecule has 1 aromatic carbocycles. The number of allylic oxidation sites excluding steroid dienone is 6. The molecule has 3 rings (SSSR count). The first-order valence-electron chi connectivity index (χ1n) is 9.12. The lowest BCUT2D eigenvalue weighted by Gasteiger charge is -2.06. The van der Waals surface area contributed by atoms with Gasteiger partial charge in [-0.1, -0.05) is 44.1 Å². The van der Waals surface area contributed by atoms with Gasteiger partial charge in [-0.2, -0.15) is 0 Å². The topological polar surface area (TPSA) is 55.0 Å². The zero-order chi connectivity index (χ0) is 18.2. The van der Waals surface area contributed by atoms with Gasteiger partial charge in [0.1, 0.15) is 17.9 Å². The third-order valence-corrected chi connectivity index (χ3v) is 4.31. The molecule has 26 heavy (non-hydrogen) atoms.